The van der Waals surface area contributed by atoms with Gasteiger partial charge in [-0.2, -0.15) is 0 Å². The first-order valence-corrected chi connectivity index (χ1v) is 14.7. The van der Waals surface area contributed by atoms with E-state index in [-0.39, 0.29) is 62.9 Å². The fraction of sp³-hybridized carbons (Fsp3) is 0.903. The quantitative estimate of drug-likeness (QED) is 0.460. The van der Waals surface area contributed by atoms with Crippen LogP contribution in [-0.4, -0.2) is 36.5 Å². The zero-order valence-electron chi connectivity index (χ0n) is 24.5. The number of hydrogen-bond donors (Lipinski definition) is 2. The summed E-state index contributed by atoms with van der Waals surface area (Å²) < 4.78 is 5.27. The fourth-order valence-corrected chi connectivity index (χ4v) is 10.8. The van der Waals surface area contributed by atoms with Crippen LogP contribution in [0.5, 0.6) is 0 Å². The summed E-state index contributed by atoms with van der Waals surface area (Å²) in [5.41, 5.74) is -0.892. The van der Waals surface area contributed by atoms with Gasteiger partial charge in [-0.1, -0.05) is 27.7 Å². The minimum Gasteiger partial charge on any atom is -0.469 e. The largest absolute Gasteiger partial charge is 0.469 e. The van der Waals surface area contributed by atoms with Crippen LogP contribution < -0.4 is 10.6 Å². The van der Waals surface area contributed by atoms with Gasteiger partial charge in [-0.25, -0.2) is 0 Å². The SMILES string of the molecule is COC(=O)[C@@]1(C)CC[C@]2(C)CC[C@]3(C)[C@@H](NC(=O)C[C@@H]4[C@@]5(C)CCC(=O)NC(C)(C)[C@@H]5CC[C@]43C)[C@@H]2C1. The highest BCUT2D eigenvalue weighted by atomic mass is 16.5. The first-order chi connectivity index (χ1) is 17.0. The van der Waals surface area contributed by atoms with Gasteiger partial charge in [0.2, 0.25) is 11.8 Å². The lowest BCUT2D eigenvalue weighted by molar-refractivity contribution is -0.184. The summed E-state index contributed by atoms with van der Waals surface area (Å²) in [7, 11) is 1.50. The molecule has 5 aliphatic rings. The molecular weight excluding hydrogens is 464 g/mol. The number of carbonyl (C=O) groups is 3. The minimum absolute atomic E-state index is 0.0357. The van der Waals surface area contributed by atoms with Crippen molar-refractivity contribution in [3.8, 4) is 0 Å². The van der Waals surface area contributed by atoms with Gasteiger partial charge in [-0.3, -0.25) is 14.4 Å². The number of hydrogen-bond acceptors (Lipinski definition) is 4. The maximum absolute atomic E-state index is 13.9. The molecule has 0 radical (unpaired) electrons. The summed E-state index contributed by atoms with van der Waals surface area (Å²) in [4.78, 5) is 39.5. The van der Waals surface area contributed by atoms with Crippen molar-refractivity contribution in [3.63, 3.8) is 0 Å². The molecule has 2 N–H and O–H groups in total. The van der Waals surface area contributed by atoms with Crippen LogP contribution in [0.15, 0.2) is 0 Å². The number of amides is 2. The Morgan fingerprint density at radius 3 is 2.19 bits per heavy atom. The molecule has 0 spiro atoms. The Labute approximate surface area is 223 Å². The van der Waals surface area contributed by atoms with Crippen LogP contribution in [0.2, 0.25) is 0 Å². The van der Waals surface area contributed by atoms with Gasteiger partial charge >= 0.3 is 5.97 Å². The minimum atomic E-state index is -0.504. The Balaban J connectivity index is 1.59. The van der Waals surface area contributed by atoms with Crippen LogP contribution in [0.4, 0.5) is 0 Å². The van der Waals surface area contributed by atoms with Crippen LogP contribution >= 0.6 is 0 Å². The second kappa shape index (κ2) is 8.21. The summed E-state index contributed by atoms with van der Waals surface area (Å²) in [5, 5.41) is 6.93. The molecule has 6 nitrogen and oxygen atoms in total. The van der Waals surface area contributed by atoms with Gasteiger partial charge in [0.05, 0.1) is 12.5 Å². The van der Waals surface area contributed by atoms with Crippen LogP contribution in [0.3, 0.4) is 0 Å². The molecular formula is C31H50N2O4. The average Bonchev–Trinajstić information content (AvgIpc) is 2.97. The molecule has 2 aliphatic heterocycles. The second-order valence-electron chi connectivity index (χ2n) is 15.5. The van der Waals surface area contributed by atoms with Crippen molar-refractivity contribution in [2.75, 3.05) is 7.11 Å². The van der Waals surface area contributed by atoms with Gasteiger partial charge in [0.15, 0.2) is 0 Å². The van der Waals surface area contributed by atoms with E-state index in [9.17, 15) is 14.4 Å². The van der Waals surface area contributed by atoms with Crippen molar-refractivity contribution in [1.29, 1.82) is 0 Å². The molecule has 2 saturated heterocycles. The molecule has 0 aromatic rings. The Morgan fingerprint density at radius 2 is 1.51 bits per heavy atom. The first-order valence-electron chi connectivity index (χ1n) is 14.7. The second-order valence-corrected chi connectivity index (χ2v) is 15.5. The van der Waals surface area contributed by atoms with Crippen LogP contribution in [0, 0.1) is 44.8 Å². The molecule has 37 heavy (non-hydrogen) atoms. The van der Waals surface area contributed by atoms with Gasteiger partial charge in [0.25, 0.3) is 0 Å². The molecule has 5 rings (SSSR count). The smallest absolute Gasteiger partial charge is 0.311 e. The molecule has 9 atom stereocenters. The van der Waals surface area contributed by atoms with Crippen molar-refractivity contribution in [2.24, 2.45) is 44.8 Å². The number of fused-ring (bicyclic) bond motifs is 7. The van der Waals surface area contributed by atoms with Gasteiger partial charge in [0.1, 0.15) is 0 Å². The zero-order chi connectivity index (χ0) is 27.2. The molecule has 0 aromatic carbocycles. The number of nitrogens with one attached hydrogen (secondary N) is 2. The molecule has 5 fully saturated rings. The van der Waals surface area contributed by atoms with Gasteiger partial charge in [-0.05, 0) is 112 Å². The number of ether oxygens (including phenoxy) is 1. The van der Waals surface area contributed by atoms with Crippen LogP contribution in [0.25, 0.3) is 0 Å². The molecule has 6 heteroatoms. The molecule has 0 aromatic heterocycles. The van der Waals surface area contributed by atoms with E-state index < -0.39 is 5.41 Å². The van der Waals surface area contributed by atoms with Crippen LogP contribution in [-0.2, 0) is 19.1 Å². The third kappa shape index (κ3) is 3.66. The van der Waals surface area contributed by atoms with Crippen molar-refractivity contribution in [2.45, 2.75) is 124 Å². The first kappa shape index (κ1) is 27.0. The maximum Gasteiger partial charge on any atom is 0.311 e. The Kier molecular flexibility index (Phi) is 5.99. The number of carbonyl (C=O) groups excluding carboxylic acids is 3. The normalized spacial score (nSPS) is 51.0. The third-order valence-electron chi connectivity index (χ3n) is 13.3. The summed E-state index contributed by atoms with van der Waals surface area (Å²) >= 11 is 0. The summed E-state index contributed by atoms with van der Waals surface area (Å²) in [6.45, 7) is 16.2. The zero-order valence-corrected chi connectivity index (χ0v) is 24.5. The summed E-state index contributed by atoms with van der Waals surface area (Å²) in [6, 6.07) is 0.0386. The predicted octanol–water partition coefficient (Wildman–Crippen LogP) is 5.39. The van der Waals surface area contributed by atoms with E-state index in [0.717, 1.165) is 51.4 Å². The number of rotatable bonds is 1. The molecule has 2 amide bonds. The van der Waals surface area contributed by atoms with E-state index >= 15 is 0 Å². The molecule has 2 heterocycles. The lowest BCUT2D eigenvalue weighted by Crippen LogP contribution is -2.67. The molecule has 3 saturated carbocycles. The molecule has 208 valence electrons. The van der Waals surface area contributed by atoms with E-state index in [1.165, 1.54) is 7.11 Å². The van der Waals surface area contributed by atoms with Crippen molar-refractivity contribution in [1.82, 2.24) is 10.6 Å². The lowest BCUT2D eigenvalue weighted by Gasteiger charge is -2.68. The standard InChI is InChI=1S/C31H50N2O4/c1-26(2)20-9-12-30(6)21(29(20,5)11-10-22(34)33-26)17-23(35)32-24-19-18-28(4,25(36)37-8)14-13-27(19,3)15-16-31(24,30)7/h19-21,24H,9-18H2,1-8H3,(H,32,35)(H,33,34)/t19-,20-,21+,24-,27+,28-,29-,30+,31+/m0/s1. The number of methoxy groups -OCH3 is 1. The summed E-state index contributed by atoms with van der Waals surface area (Å²) in [5.74, 6) is 0.967. The predicted molar refractivity (Wildman–Crippen MR) is 143 cm³/mol. The number of esters is 1. The highest BCUT2D eigenvalue weighted by Gasteiger charge is 2.69. The van der Waals surface area contributed by atoms with Crippen molar-refractivity contribution >= 4 is 17.8 Å². The highest BCUT2D eigenvalue weighted by molar-refractivity contribution is 5.79. The maximum atomic E-state index is 13.9. The Bertz CT molecular complexity index is 1010. The van der Waals surface area contributed by atoms with Crippen molar-refractivity contribution in [3.05, 3.63) is 0 Å². The van der Waals surface area contributed by atoms with Gasteiger partial charge in [0, 0.05) is 24.4 Å². The summed E-state index contributed by atoms with van der Waals surface area (Å²) in [6.07, 6.45) is 8.85. The Hall–Kier alpha value is -1.59. The third-order valence-corrected chi connectivity index (χ3v) is 13.3. The van der Waals surface area contributed by atoms with Gasteiger partial charge in [-0.15, -0.1) is 0 Å². The van der Waals surface area contributed by atoms with Crippen LogP contribution in [0.1, 0.15) is 113 Å². The molecule has 0 unspecified atom stereocenters. The van der Waals surface area contributed by atoms with E-state index in [2.05, 4.69) is 59.1 Å². The molecule has 3 aliphatic carbocycles. The van der Waals surface area contributed by atoms with Gasteiger partial charge < -0.3 is 15.4 Å². The molecule has 0 bridgehead atoms. The topological polar surface area (TPSA) is 84.5 Å². The van der Waals surface area contributed by atoms with Crippen molar-refractivity contribution < 1.29 is 19.1 Å². The van der Waals surface area contributed by atoms with E-state index in [1.54, 1.807) is 0 Å². The van der Waals surface area contributed by atoms with E-state index in [4.69, 9.17) is 4.74 Å². The fourth-order valence-electron chi connectivity index (χ4n) is 10.8. The van der Waals surface area contributed by atoms with E-state index in [0.29, 0.717) is 18.8 Å². The average molecular weight is 515 g/mol. The van der Waals surface area contributed by atoms with E-state index in [1.807, 2.05) is 0 Å². The lowest BCUT2D eigenvalue weighted by atomic mass is 9.37. The highest BCUT2D eigenvalue weighted by Crippen LogP contribution is 2.71. The Morgan fingerprint density at radius 1 is 0.838 bits per heavy atom. The monoisotopic (exact) mass is 514 g/mol.